The molecule has 0 unspecified atom stereocenters. The van der Waals surface area contributed by atoms with Crippen molar-refractivity contribution < 1.29 is 17.9 Å². The average molecular weight is 356 g/mol. The van der Waals surface area contributed by atoms with E-state index in [0.29, 0.717) is 13.0 Å². The summed E-state index contributed by atoms with van der Waals surface area (Å²) in [7, 11) is 0.231. The number of aryl methyl sites for hydroxylation is 1. The van der Waals surface area contributed by atoms with Crippen molar-refractivity contribution in [1.29, 1.82) is 0 Å². The minimum atomic E-state index is -3.57. The molecule has 1 aromatic rings. The maximum Gasteiger partial charge on any atom is 0.305 e. The van der Waals surface area contributed by atoms with Crippen molar-refractivity contribution >= 4 is 16.0 Å². The summed E-state index contributed by atoms with van der Waals surface area (Å²) in [4.78, 5) is 13.7. The van der Waals surface area contributed by atoms with Gasteiger partial charge < -0.3 is 9.64 Å². The molecule has 0 heterocycles. The first-order valence-corrected chi connectivity index (χ1v) is 9.59. The molecular formula is C17H28N2O4S. The van der Waals surface area contributed by atoms with Crippen LogP contribution >= 0.6 is 0 Å². The molecule has 1 N–H and O–H groups in total. The quantitative estimate of drug-likeness (QED) is 0.647. The molecule has 0 bridgehead atoms. The van der Waals surface area contributed by atoms with Crippen LogP contribution in [0.2, 0.25) is 0 Å². The summed E-state index contributed by atoms with van der Waals surface area (Å²) in [5.41, 5.74) is 1.00. The van der Waals surface area contributed by atoms with E-state index in [1.807, 2.05) is 32.8 Å². The van der Waals surface area contributed by atoms with Gasteiger partial charge in [0.2, 0.25) is 10.0 Å². The van der Waals surface area contributed by atoms with Crippen molar-refractivity contribution in [1.82, 2.24) is 9.62 Å². The molecule has 0 saturated heterocycles. The molecule has 1 atom stereocenters. The summed E-state index contributed by atoms with van der Waals surface area (Å²) >= 11 is 0. The number of carbonyl (C=O) groups is 1. The van der Waals surface area contributed by atoms with E-state index >= 15 is 0 Å². The lowest BCUT2D eigenvalue weighted by Crippen LogP contribution is -2.37. The normalized spacial score (nSPS) is 13.0. The molecule has 1 rings (SSSR count). The number of sulfonamides is 1. The Bertz CT molecular complexity index is 612. The number of hydrogen-bond acceptors (Lipinski definition) is 5. The van der Waals surface area contributed by atoms with Crippen molar-refractivity contribution in [2.24, 2.45) is 5.92 Å². The maximum absolute atomic E-state index is 12.3. The van der Waals surface area contributed by atoms with Crippen LogP contribution < -0.4 is 4.72 Å². The van der Waals surface area contributed by atoms with Gasteiger partial charge in [0.25, 0.3) is 0 Å². The minimum absolute atomic E-state index is 0.110. The highest BCUT2D eigenvalue weighted by atomic mass is 32.2. The Morgan fingerprint density at radius 2 is 1.88 bits per heavy atom. The van der Waals surface area contributed by atoms with Gasteiger partial charge in [-0.2, -0.15) is 0 Å². The molecule has 1 aromatic carbocycles. The van der Waals surface area contributed by atoms with E-state index in [1.165, 1.54) is 0 Å². The van der Waals surface area contributed by atoms with Gasteiger partial charge in [-0.15, -0.1) is 0 Å². The Balaban J connectivity index is 2.65. The lowest BCUT2D eigenvalue weighted by molar-refractivity contribution is -0.145. The first-order chi connectivity index (χ1) is 11.2. The summed E-state index contributed by atoms with van der Waals surface area (Å²) in [6.07, 6.45) is 1.11. The molecule has 0 aliphatic carbocycles. The fraction of sp³-hybridized carbons (Fsp3) is 0.588. The highest BCUT2D eigenvalue weighted by Gasteiger charge is 2.19. The SMILES string of the molecule is CCCC(=O)OC[C@@H](CNS(=O)(=O)c1ccc(C)cc1)CN(C)C. The zero-order chi connectivity index (χ0) is 18.2. The van der Waals surface area contributed by atoms with Crippen LogP contribution in [0.15, 0.2) is 29.2 Å². The van der Waals surface area contributed by atoms with Crippen LogP contribution in [-0.4, -0.2) is 53.1 Å². The third-order valence-corrected chi connectivity index (χ3v) is 4.89. The van der Waals surface area contributed by atoms with Gasteiger partial charge in [0.05, 0.1) is 11.5 Å². The molecule has 0 fully saturated rings. The Morgan fingerprint density at radius 1 is 1.25 bits per heavy atom. The van der Waals surface area contributed by atoms with Crippen LogP contribution in [0.25, 0.3) is 0 Å². The first-order valence-electron chi connectivity index (χ1n) is 8.11. The molecule has 0 radical (unpaired) electrons. The van der Waals surface area contributed by atoms with Crippen LogP contribution in [0.5, 0.6) is 0 Å². The van der Waals surface area contributed by atoms with Gasteiger partial charge in [0.15, 0.2) is 0 Å². The maximum atomic E-state index is 12.3. The Kier molecular flexibility index (Phi) is 8.38. The standard InChI is InChI=1S/C17H28N2O4S/c1-5-6-17(20)23-13-15(12-19(3)4)11-18-24(21,22)16-9-7-14(2)8-10-16/h7-10,15,18H,5-6,11-13H2,1-4H3/t15-/m0/s1. The zero-order valence-electron chi connectivity index (χ0n) is 14.9. The molecule has 6 nitrogen and oxygen atoms in total. The molecule has 0 saturated carbocycles. The monoisotopic (exact) mass is 356 g/mol. The number of benzene rings is 1. The zero-order valence-corrected chi connectivity index (χ0v) is 15.7. The second kappa shape index (κ2) is 9.76. The topological polar surface area (TPSA) is 75.7 Å². The second-order valence-electron chi connectivity index (χ2n) is 6.23. The number of nitrogens with one attached hydrogen (secondary N) is 1. The molecule has 136 valence electrons. The highest BCUT2D eigenvalue weighted by molar-refractivity contribution is 7.89. The van der Waals surface area contributed by atoms with E-state index in [2.05, 4.69) is 4.72 Å². The van der Waals surface area contributed by atoms with Crippen molar-refractivity contribution in [2.75, 3.05) is 33.8 Å². The Morgan fingerprint density at radius 3 is 2.42 bits per heavy atom. The highest BCUT2D eigenvalue weighted by Crippen LogP contribution is 2.11. The number of ether oxygens (including phenoxy) is 1. The van der Waals surface area contributed by atoms with E-state index in [9.17, 15) is 13.2 Å². The van der Waals surface area contributed by atoms with Gasteiger partial charge in [-0.1, -0.05) is 24.6 Å². The third kappa shape index (κ3) is 7.42. The van der Waals surface area contributed by atoms with Crippen LogP contribution in [0.4, 0.5) is 0 Å². The molecule has 0 aromatic heterocycles. The predicted octanol–water partition coefficient (Wildman–Crippen LogP) is 1.79. The summed E-state index contributed by atoms with van der Waals surface area (Å²) in [6.45, 7) is 4.85. The van der Waals surface area contributed by atoms with Gasteiger partial charge in [0, 0.05) is 25.4 Å². The minimum Gasteiger partial charge on any atom is -0.465 e. The first kappa shape index (κ1) is 20.6. The van der Waals surface area contributed by atoms with Gasteiger partial charge in [-0.3, -0.25) is 4.79 Å². The fourth-order valence-electron chi connectivity index (χ4n) is 2.21. The van der Waals surface area contributed by atoms with Crippen LogP contribution in [0, 0.1) is 12.8 Å². The number of hydrogen-bond donors (Lipinski definition) is 1. The number of esters is 1. The van der Waals surface area contributed by atoms with Crippen LogP contribution in [-0.2, 0) is 19.6 Å². The van der Waals surface area contributed by atoms with Gasteiger partial charge in [0.1, 0.15) is 0 Å². The number of carbonyl (C=O) groups excluding carboxylic acids is 1. The van der Waals surface area contributed by atoms with Crippen molar-refractivity contribution in [3.05, 3.63) is 29.8 Å². The Hall–Kier alpha value is -1.44. The fourth-order valence-corrected chi connectivity index (χ4v) is 3.32. The summed E-state index contributed by atoms with van der Waals surface area (Å²) in [6, 6.07) is 6.69. The molecular weight excluding hydrogens is 328 g/mol. The molecule has 0 aliphatic heterocycles. The van der Waals surface area contributed by atoms with Gasteiger partial charge in [-0.25, -0.2) is 13.1 Å². The van der Waals surface area contributed by atoms with Crippen molar-refractivity contribution in [3.63, 3.8) is 0 Å². The van der Waals surface area contributed by atoms with Crippen molar-refractivity contribution in [3.8, 4) is 0 Å². The van der Waals surface area contributed by atoms with E-state index in [1.54, 1.807) is 24.3 Å². The largest absolute Gasteiger partial charge is 0.465 e. The molecule has 7 heteroatoms. The molecule has 0 amide bonds. The van der Waals surface area contributed by atoms with E-state index < -0.39 is 10.0 Å². The number of rotatable bonds is 10. The van der Waals surface area contributed by atoms with Crippen LogP contribution in [0.3, 0.4) is 0 Å². The van der Waals surface area contributed by atoms with E-state index in [0.717, 1.165) is 12.0 Å². The van der Waals surface area contributed by atoms with Gasteiger partial charge in [-0.05, 0) is 39.6 Å². The lowest BCUT2D eigenvalue weighted by atomic mass is 10.1. The molecule has 0 aliphatic rings. The third-order valence-electron chi connectivity index (χ3n) is 3.45. The summed E-state index contributed by atoms with van der Waals surface area (Å²) < 4.78 is 32.5. The van der Waals surface area contributed by atoms with E-state index in [4.69, 9.17) is 4.74 Å². The molecule has 0 spiro atoms. The number of nitrogens with zero attached hydrogens (tertiary/aromatic N) is 1. The predicted molar refractivity (Wildman–Crippen MR) is 94.3 cm³/mol. The average Bonchev–Trinajstić information content (AvgIpc) is 2.50. The van der Waals surface area contributed by atoms with Crippen molar-refractivity contribution in [2.45, 2.75) is 31.6 Å². The van der Waals surface area contributed by atoms with E-state index in [-0.39, 0.29) is 29.9 Å². The molecule has 24 heavy (non-hydrogen) atoms. The second-order valence-corrected chi connectivity index (χ2v) is 7.99. The van der Waals surface area contributed by atoms with Crippen LogP contribution in [0.1, 0.15) is 25.3 Å². The Labute approximate surface area is 145 Å². The summed E-state index contributed by atoms with van der Waals surface area (Å²) in [5.74, 6) is -0.358. The lowest BCUT2D eigenvalue weighted by Gasteiger charge is -2.21. The smallest absolute Gasteiger partial charge is 0.305 e. The summed E-state index contributed by atoms with van der Waals surface area (Å²) in [5, 5.41) is 0. The van der Waals surface area contributed by atoms with Gasteiger partial charge >= 0.3 is 5.97 Å².